The van der Waals surface area contributed by atoms with Crippen molar-refractivity contribution in [2.45, 2.75) is 23.6 Å². The number of pyridine rings is 2. The minimum Gasteiger partial charge on any atom is -0.347 e. The maximum atomic E-state index is 11.0. The highest BCUT2D eigenvalue weighted by Gasteiger charge is 2.44. The third-order valence-electron chi connectivity index (χ3n) is 4.95. The van der Waals surface area contributed by atoms with Crippen LogP contribution in [-0.2, 0) is 20.6 Å². The second-order valence-electron chi connectivity index (χ2n) is 6.93. The van der Waals surface area contributed by atoms with E-state index in [0.717, 1.165) is 21.2 Å². The van der Waals surface area contributed by atoms with E-state index in [1.165, 1.54) is 10.7 Å². The average molecular weight is 509 g/mol. The van der Waals surface area contributed by atoms with E-state index in [0.29, 0.717) is 25.9 Å². The molecule has 2 aliphatic heterocycles. The second-order valence-corrected chi connectivity index (χ2v) is 10.8. The molecule has 2 unspecified atom stereocenters. The van der Waals surface area contributed by atoms with E-state index in [-0.39, 0.29) is 10.7 Å². The van der Waals surface area contributed by atoms with E-state index >= 15 is 0 Å². The largest absolute Gasteiger partial charge is 0.347 e. The predicted molar refractivity (Wildman–Crippen MR) is 129 cm³/mol. The second kappa shape index (κ2) is 10.6. The number of thioether (sulfide) groups is 2. The molecule has 168 valence electrons. The maximum Gasteiger partial charge on any atom is 0.210 e. The zero-order chi connectivity index (χ0) is 22.5. The molecule has 4 heterocycles. The molecule has 4 rings (SSSR count). The first-order valence-electron chi connectivity index (χ1n) is 9.78. The van der Waals surface area contributed by atoms with Crippen LogP contribution in [0, 0.1) is 0 Å². The molecule has 2 aromatic heterocycles. The Kier molecular flexibility index (Phi) is 7.55. The fraction of sp³-hybridized carbons (Fsp3) is 0.300. The predicted octanol–water partition coefficient (Wildman–Crippen LogP) is 2.54. The van der Waals surface area contributed by atoms with Gasteiger partial charge in [-0.05, 0) is 48.2 Å². The molecule has 0 amide bonds. The minimum atomic E-state index is -2.20. The topological polar surface area (TPSA) is 101 Å². The zero-order valence-electron chi connectivity index (χ0n) is 16.8. The van der Waals surface area contributed by atoms with Gasteiger partial charge in [0.2, 0.25) is 20.6 Å². The summed E-state index contributed by atoms with van der Waals surface area (Å²) in [6, 6.07) is 7.86. The molecule has 0 radical (unpaired) electrons. The molecule has 2 aromatic rings. The number of nitrogens with zero attached hydrogens (tertiary/aromatic N) is 4. The fourth-order valence-corrected chi connectivity index (χ4v) is 7.40. The van der Waals surface area contributed by atoms with Crippen molar-refractivity contribution in [3.63, 3.8) is 0 Å². The molecule has 0 saturated carbocycles. The smallest absolute Gasteiger partial charge is 0.210 e. The summed E-state index contributed by atoms with van der Waals surface area (Å²) in [5.41, 5.74) is 2.16. The van der Waals surface area contributed by atoms with Gasteiger partial charge in [0.25, 0.3) is 0 Å². The van der Waals surface area contributed by atoms with Gasteiger partial charge in [-0.2, -0.15) is 16.8 Å². The highest BCUT2D eigenvalue weighted by molar-refractivity contribution is 8.08. The molecule has 8 nitrogen and oxygen atoms in total. The van der Waals surface area contributed by atoms with E-state index in [4.69, 9.17) is 0 Å². The van der Waals surface area contributed by atoms with Crippen molar-refractivity contribution in [3.05, 3.63) is 70.2 Å². The Hall–Kier alpha value is -2.28. The quantitative estimate of drug-likeness (QED) is 0.495. The van der Waals surface area contributed by atoms with Crippen LogP contribution < -0.4 is 0 Å². The molecule has 0 aliphatic carbocycles. The molecule has 0 spiro atoms. The van der Waals surface area contributed by atoms with Gasteiger partial charge in [0.1, 0.15) is 20.8 Å². The number of aromatic nitrogens is 2. The molecule has 0 fully saturated rings. The summed E-state index contributed by atoms with van der Waals surface area (Å²) in [5.74, 6) is 0. The van der Waals surface area contributed by atoms with Gasteiger partial charge in [-0.1, -0.05) is 23.5 Å². The molecular weight excluding hydrogens is 489 g/mol. The molecule has 2 atom stereocenters. The Labute approximate surface area is 197 Å². The third kappa shape index (κ3) is 5.20. The molecule has 0 bridgehead atoms. The van der Waals surface area contributed by atoms with Gasteiger partial charge >= 0.3 is 0 Å². The summed E-state index contributed by atoms with van der Waals surface area (Å²) in [7, 11) is -4.40. The average Bonchev–Trinajstić information content (AvgIpc) is 3.32. The SMILES string of the molecule is O=S(=O)=CCCN1C2=C(SC1c1ccncc1)N(CCC=S(=O)=O)C(c1ccncc1)S2. The molecule has 0 saturated heterocycles. The van der Waals surface area contributed by atoms with E-state index in [2.05, 4.69) is 19.8 Å². The van der Waals surface area contributed by atoms with Crippen molar-refractivity contribution in [1.82, 2.24) is 19.8 Å². The number of rotatable bonds is 8. The first-order valence-corrected chi connectivity index (χ1v) is 13.8. The van der Waals surface area contributed by atoms with Gasteiger partial charge in [0, 0.05) is 48.6 Å². The Morgan fingerprint density at radius 2 is 1.09 bits per heavy atom. The van der Waals surface area contributed by atoms with Crippen molar-refractivity contribution in [2.24, 2.45) is 0 Å². The van der Waals surface area contributed by atoms with Gasteiger partial charge in [-0.25, -0.2) is 0 Å². The molecule has 0 aromatic carbocycles. The lowest BCUT2D eigenvalue weighted by atomic mass is 10.2. The van der Waals surface area contributed by atoms with E-state index in [9.17, 15) is 16.8 Å². The summed E-state index contributed by atoms with van der Waals surface area (Å²) < 4.78 is 44.2. The van der Waals surface area contributed by atoms with Gasteiger partial charge < -0.3 is 9.80 Å². The van der Waals surface area contributed by atoms with Crippen LogP contribution >= 0.6 is 23.5 Å². The van der Waals surface area contributed by atoms with Gasteiger partial charge in [-0.3, -0.25) is 9.97 Å². The van der Waals surface area contributed by atoms with E-state index < -0.39 is 20.6 Å². The van der Waals surface area contributed by atoms with Crippen molar-refractivity contribution in [1.29, 1.82) is 0 Å². The normalized spacial score (nSPS) is 19.8. The van der Waals surface area contributed by atoms with Crippen LogP contribution in [0.4, 0.5) is 0 Å². The summed E-state index contributed by atoms with van der Waals surface area (Å²) in [6.45, 7) is 1.10. The molecule has 32 heavy (non-hydrogen) atoms. The first kappa shape index (κ1) is 22.9. The highest BCUT2D eigenvalue weighted by Crippen LogP contribution is 2.61. The van der Waals surface area contributed by atoms with Crippen LogP contribution in [0.3, 0.4) is 0 Å². The standard InChI is InChI=1S/C20H20N4O4S4/c25-31(26)13-1-11-23-17(15-3-7-21-8-4-15)29-20-19(23)30-18(16-5-9-22-10-6-16)24(20)12-2-14-32(27)28/h3-10,13-14,17-18H,1-2,11-12H2. The van der Waals surface area contributed by atoms with Crippen LogP contribution in [0.25, 0.3) is 0 Å². The van der Waals surface area contributed by atoms with Crippen molar-refractivity contribution in [3.8, 4) is 0 Å². The molecular formula is C20H20N4O4S4. The summed E-state index contributed by atoms with van der Waals surface area (Å²) in [5, 5.41) is 4.69. The van der Waals surface area contributed by atoms with E-state index in [1.807, 2.05) is 24.3 Å². The Balaban J connectivity index is 1.68. The molecule has 2 aliphatic rings. The Bertz CT molecular complexity index is 1150. The van der Waals surface area contributed by atoms with Crippen LogP contribution in [-0.4, -0.2) is 60.4 Å². The van der Waals surface area contributed by atoms with Crippen molar-refractivity contribution < 1.29 is 16.8 Å². The number of hydrogen-bond acceptors (Lipinski definition) is 10. The van der Waals surface area contributed by atoms with Gasteiger partial charge in [-0.15, -0.1) is 0 Å². The van der Waals surface area contributed by atoms with E-state index in [1.54, 1.807) is 48.3 Å². The summed E-state index contributed by atoms with van der Waals surface area (Å²) in [6.07, 6.45) is 7.80. The Morgan fingerprint density at radius 3 is 1.44 bits per heavy atom. The van der Waals surface area contributed by atoms with Gasteiger partial charge in [0.05, 0.1) is 0 Å². The molecule has 0 N–H and O–H groups in total. The zero-order valence-corrected chi connectivity index (χ0v) is 20.1. The summed E-state index contributed by atoms with van der Waals surface area (Å²) >= 11 is 3.40. The third-order valence-corrected chi connectivity index (χ3v) is 8.89. The van der Waals surface area contributed by atoms with Crippen LogP contribution in [0.1, 0.15) is 34.7 Å². The summed E-state index contributed by atoms with van der Waals surface area (Å²) in [4.78, 5) is 12.7. The number of hydrogen-bond donors (Lipinski definition) is 0. The highest BCUT2D eigenvalue weighted by atomic mass is 32.2. The monoisotopic (exact) mass is 508 g/mol. The maximum absolute atomic E-state index is 11.0. The van der Waals surface area contributed by atoms with Crippen molar-refractivity contribution in [2.75, 3.05) is 13.1 Å². The Morgan fingerprint density at radius 1 is 0.719 bits per heavy atom. The van der Waals surface area contributed by atoms with Crippen LogP contribution in [0.5, 0.6) is 0 Å². The lowest BCUT2D eigenvalue weighted by Gasteiger charge is -2.32. The first-order chi connectivity index (χ1) is 15.5. The van der Waals surface area contributed by atoms with Crippen molar-refractivity contribution >= 4 is 54.8 Å². The fourth-order valence-electron chi connectivity index (χ4n) is 3.60. The van der Waals surface area contributed by atoms with Crippen LogP contribution in [0.2, 0.25) is 0 Å². The lowest BCUT2D eigenvalue weighted by Crippen LogP contribution is -2.25. The minimum absolute atomic E-state index is 0.0116. The lowest BCUT2D eigenvalue weighted by molar-refractivity contribution is 0.356. The van der Waals surface area contributed by atoms with Crippen LogP contribution in [0.15, 0.2) is 59.1 Å². The molecule has 12 heteroatoms. The van der Waals surface area contributed by atoms with Gasteiger partial charge in [0.15, 0.2) is 0 Å².